The van der Waals surface area contributed by atoms with E-state index in [-0.39, 0.29) is 12.5 Å². The van der Waals surface area contributed by atoms with Gasteiger partial charge in [-0.05, 0) is 37.0 Å². The van der Waals surface area contributed by atoms with E-state index in [9.17, 15) is 9.59 Å². The summed E-state index contributed by atoms with van der Waals surface area (Å²) in [6.07, 6.45) is 0.890. The van der Waals surface area contributed by atoms with Gasteiger partial charge in [0.05, 0.1) is 6.61 Å². The molecule has 2 heterocycles. The number of amides is 1. The Kier molecular flexibility index (Phi) is 5.34. The third-order valence-corrected chi connectivity index (χ3v) is 5.45. The third kappa shape index (κ3) is 3.88. The lowest BCUT2D eigenvalue weighted by Crippen LogP contribution is -2.53. The van der Waals surface area contributed by atoms with Gasteiger partial charge in [-0.15, -0.1) is 0 Å². The van der Waals surface area contributed by atoms with Crippen LogP contribution in [-0.4, -0.2) is 35.9 Å². The van der Waals surface area contributed by atoms with Gasteiger partial charge in [0.2, 0.25) is 11.9 Å². The Balaban J connectivity index is 1.69. The van der Waals surface area contributed by atoms with E-state index in [0.29, 0.717) is 12.5 Å². The monoisotopic (exact) mass is 391 g/mol. The summed E-state index contributed by atoms with van der Waals surface area (Å²) in [4.78, 5) is 32.4. The van der Waals surface area contributed by atoms with Crippen LogP contribution in [0.15, 0.2) is 53.5 Å². The number of aryl methyl sites for hydroxylation is 1. The Labute approximate surface area is 170 Å². The maximum absolute atomic E-state index is 13.0. The average molecular weight is 391 g/mol. The van der Waals surface area contributed by atoms with Crippen molar-refractivity contribution in [2.45, 2.75) is 32.9 Å². The van der Waals surface area contributed by atoms with Gasteiger partial charge >= 0.3 is 5.97 Å². The van der Waals surface area contributed by atoms with Gasteiger partial charge in [-0.3, -0.25) is 14.9 Å². The number of ether oxygens (including phenoxy) is 1. The number of aliphatic imine (C=N–C) groups is 1. The van der Waals surface area contributed by atoms with E-state index in [4.69, 9.17) is 9.73 Å². The van der Waals surface area contributed by atoms with E-state index >= 15 is 0 Å². The summed E-state index contributed by atoms with van der Waals surface area (Å²) in [5.41, 5.74) is 4.45. The predicted molar refractivity (Wildman–Crippen MR) is 110 cm³/mol. The molecule has 0 saturated heterocycles. The number of benzene rings is 2. The number of carbonyl (C=O) groups excluding carboxylic acids is 2. The molecule has 6 nitrogen and oxygen atoms in total. The summed E-state index contributed by atoms with van der Waals surface area (Å²) in [5.74, 6) is -1.36. The molecule has 2 aliphatic heterocycles. The van der Waals surface area contributed by atoms with Gasteiger partial charge in [0.25, 0.3) is 0 Å². The van der Waals surface area contributed by atoms with Crippen LogP contribution in [0.2, 0.25) is 0 Å². The van der Waals surface area contributed by atoms with Gasteiger partial charge in [0.15, 0.2) is 5.92 Å². The van der Waals surface area contributed by atoms with Crippen molar-refractivity contribution in [3.8, 4) is 0 Å². The minimum atomic E-state index is -0.988. The van der Waals surface area contributed by atoms with Crippen LogP contribution in [0.5, 0.6) is 0 Å². The zero-order valence-electron chi connectivity index (χ0n) is 16.7. The normalized spacial score (nSPS) is 21.1. The highest BCUT2D eigenvalue weighted by Gasteiger charge is 2.42. The molecule has 0 fully saturated rings. The minimum absolute atomic E-state index is 0.225. The first-order chi connectivity index (χ1) is 14.1. The van der Waals surface area contributed by atoms with Gasteiger partial charge in [-0.25, -0.2) is 4.99 Å². The predicted octanol–water partition coefficient (Wildman–Crippen LogP) is 2.76. The maximum atomic E-state index is 13.0. The van der Waals surface area contributed by atoms with Crippen molar-refractivity contribution in [2.24, 2.45) is 10.9 Å². The number of carbonyl (C=O) groups is 2. The Bertz CT molecular complexity index is 969. The van der Waals surface area contributed by atoms with Crippen LogP contribution in [0.4, 0.5) is 0 Å². The number of hydrogen-bond acceptors (Lipinski definition) is 5. The summed E-state index contributed by atoms with van der Waals surface area (Å²) in [5, 5.41) is 2.86. The molecule has 0 bridgehead atoms. The van der Waals surface area contributed by atoms with Crippen LogP contribution < -0.4 is 5.32 Å². The Morgan fingerprint density at radius 2 is 2.00 bits per heavy atom. The molecule has 0 spiro atoms. The third-order valence-electron chi connectivity index (χ3n) is 5.45. The van der Waals surface area contributed by atoms with E-state index in [2.05, 4.69) is 22.3 Å². The molecule has 2 aromatic carbocycles. The van der Waals surface area contributed by atoms with Crippen LogP contribution >= 0.6 is 0 Å². The fraction of sp³-hybridized carbons (Fsp3) is 0.348. The number of nitrogens with zero attached hydrogens (tertiary/aromatic N) is 2. The first-order valence-corrected chi connectivity index (χ1v) is 10.0. The number of esters is 1. The molecule has 150 valence electrons. The van der Waals surface area contributed by atoms with Gasteiger partial charge in [-0.1, -0.05) is 54.1 Å². The van der Waals surface area contributed by atoms with Crippen molar-refractivity contribution >= 4 is 17.8 Å². The van der Waals surface area contributed by atoms with Crippen molar-refractivity contribution in [3.63, 3.8) is 0 Å². The zero-order valence-corrected chi connectivity index (χ0v) is 16.7. The summed E-state index contributed by atoms with van der Waals surface area (Å²) in [6, 6.07) is 15.5. The molecular formula is C23H25N3O3. The first-order valence-electron chi connectivity index (χ1n) is 10.0. The fourth-order valence-electron chi connectivity index (χ4n) is 4.00. The fourth-order valence-corrected chi connectivity index (χ4v) is 4.00. The first kappa shape index (κ1) is 19.2. The highest BCUT2D eigenvalue weighted by atomic mass is 16.5. The lowest BCUT2D eigenvalue weighted by molar-refractivity contribution is -0.153. The Morgan fingerprint density at radius 1 is 1.21 bits per heavy atom. The summed E-state index contributed by atoms with van der Waals surface area (Å²) in [7, 11) is 0. The van der Waals surface area contributed by atoms with Crippen LogP contribution in [0.1, 0.15) is 35.2 Å². The van der Waals surface area contributed by atoms with Crippen LogP contribution in [-0.2, 0) is 27.3 Å². The van der Waals surface area contributed by atoms with E-state index in [0.717, 1.165) is 24.1 Å². The summed E-state index contributed by atoms with van der Waals surface area (Å²) in [6.45, 7) is 5.39. The molecule has 0 radical (unpaired) electrons. The van der Waals surface area contributed by atoms with Crippen LogP contribution in [0, 0.1) is 12.8 Å². The lowest BCUT2D eigenvalue weighted by atomic mass is 9.90. The second-order valence-corrected chi connectivity index (χ2v) is 7.47. The van der Waals surface area contributed by atoms with Crippen molar-refractivity contribution in [3.05, 3.63) is 70.8 Å². The molecule has 29 heavy (non-hydrogen) atoms. The lowest BCUT2D eigenvalue weighted by Gasteiger charge is -2.36. The maximum Gasteiger partial charge on any atom is 0.321 e. The van der Waals surface area contributed by atoms with Crippen molar-refractivity contribution in [1.82, 2.24) is 10.2 Å². The van der Waals surface area contributed by atoms with Gasteiger partial charge < -0.3 is 9.64 Å². The second kappa shape index (κ2) is 8.07. The molecule has 2 aromatic rings. The second-order valence-electron chi connectivity index (χ2n) is 7.47. The van der Waals surface area contributed by atoms with Crippen LogP contribution in [0.3, 0.4) is 0 Å². The van der Waals surface area contributed by atoms with Crippen molar-refractivity contribution in [1.29, 1.82) is 0 Å². The molecule has 6 heteroatoms. The van der Waals surface area contributed by atoms with E-state index < -0.39 is 17.9 Å². The molecule has 2 atom stereocenters. The summed E-state index contributed by atoms with van der Waals surface area (Å²) < 4.78 is 5.18. The number of fused-ring (bicyclic) bond motifs is 1. The smallest absolute Gasteiger partial charge is 0.321 e. The molecule has 4 rings (SSSR count). The molecule has 1 amide bonds. The molecule has 0 aliphatic carbocycles. The number of nitrogens with one attached hydrogen (secondary N) is 1. The quantitative estimate of drug-likeness (QED) is 0.645. The van der Waals surface area contributed by atoms with Crippen molar-refractivity contribution < 1.29 is 14.3 Å². The van der Waals surface area contributed by atoms with E-state index in [1.807, 2.05) is 43.3 Å². The molecule has 0 unspecified atom stereocenters. The zero-order chi connectivity index (χ0) is 20.4. The molecule has 0 aromatic heterocycles. The Morgan fingerprint density at radius 3 is 2.76 bits per heavy atom. The largest absolute Gasteiger partial charge is 0.465 e. The van der Waals surface area contributed by atoms with Crippen molar-refractivity contribution in [2.75, 3.05) is 13.2 Å². The highest BCUT2D eigenvalue weighted by molar-refractivity contribution is 6.08. The number of guanidine groups is 1. The molecule has 1 N–H and O–H groups in total. The number of rotatable bonds is 3. The standard InChI is InChI=1S/C23H25N3O3/c1-3-29-22(28)19-20(17-10-6-7-15(2)13-17)24-23(25-21(19)27)26-12-11-16-8-4-5-9-18(16)14-26/h4-10,13,19-20H,3,11-12,14H2,1-2H3,(H,24,25,27)/t19-,20-/m0/s1. The van der Waals surface area contributed by atoms with Crippen LogP contribution in [0.25, 0.3) is 0 Å². The molecule has 2 aliphatic rings. The topological polar surface area (TPSA) is 71.0 Å². The number of hydrogen-bond donors (Lipinski definition) is 1. The van der Waals surface area contributed by atoms with Gasteiger partial charge in [-0.2, -0.15) is 0 Å². The SMILES string of the molecule is CCOC(=O)[C@@H]1C(=O)NC(N2CCc3ccccc3C2)=N[C@H]1c1cccc(C)c1. The minimum Gasteiger partial charge on any atom is -0.465 e. The molecule has 0 saturated carbocycles. The summed E-state index contributed by atoms with van der Waals surface area (Å²) >= 11 is 0. The average Bonchev–Trinajstić information content (AvgIpc) is 2.73. The van der Waals surface area contributed by atoms with Gasteiger partial charge in [0.1, 0.15) is 6.04 Å². The van der Waals surface area contributed by atoms with Gasteiger partial charge in [0, 0.05) is 13.1 Å². The highest BCUT2D eigenvalue weighted by Crippen LogP contribution is 2.32. The van der Waals surface area contributed by atoms with E-state index in [1.54, 1.807) is 6.92 Å². The molecular weight excluding hydrogens is 366 g/mol. The Hall–Kier alpha value is -3.15. The van der Waals surface area contributed by atoms with E-state index in [1.165, 1.54) is 11.1 Å².